The van der Waals surface area contributed by atoms with Gasteiger partial charge in [-0.1, -0.05) is 30.0 Å². The molecule has 0 atom stereocenters. The van der Waals surface area contributed by atoms with E-state index in [4.69, 9.17) is 0 Å². The Balaban J connectivity index is 2.48. The molecule has 0 saturated heterocycles. The summed E-state index contributed by atoms with van der Waals surface area (Å²) < 4.78 is 0.334. The van der Waals surface area contributed by atoms with Gasteiger partial charge in [-0.2, -0.15) is 0 Å². The van der Waals surface area contributed by atoms with Gasteiger partial charge in [-0.3, -0.25) is 20.2 Å². The van der Waals surface area contributed by atoms with Crippen molar-refractivity contribution < 1.29 is 9.85 Å². The second-order valence-electron chi connectivity index (χ2n) is 3.60. The molecule has 0 radical (unpaired) electrons. The molecule has 6 nitrogen and oxygen atoms in total. The summed E-state index contributed by atoms with van der Waals surface area (Å²) in [5.41, 5.74) is -0.0658. The van der Waals surface area contributed by atoms with Crippen molar-refractivity contribution in [3.05, 3.63) is 56.1 Å². The van der Waals surface area contributed by atoms with E-state index >= 15 is 0 Å². The van der Waals surface area contributed by atoms with Gasteiger partial charge in [0.05, 0.1) is 9.85 Å². The summed E-state index contributed by atoms with van der Waals surface area (Å²) in [6.45, 7) is 1.40. The maximum absolute atomic E-state index is 11.0. The van der Waals surface area contributed by atoms with Gasteiger partial charge in [-0.25, -0.2) is 0 Å². The Hall–Kier alpha value is -1.93. The predicted octanol–water partition coefficient (Wildman–Crippen LogP) is 4.02. The third-order valence-corrected chi connectivity index (χ3v) is 4.77. The summed E-state index contributed by atoms with van der Waals surface area (Å²) in [5.74, 6) is 0. The van der Waals surface area contributed by atoms with Crippen molar-refractivity contribution in [1.29, 1.82) is 0 Å². The first-order chi connectivity index (χ1) is 9.00. The molecular formula is C11H8N2O4S2. The third kappa shape index (κ3) is 2.74. The number of thiophene rings is 1. The van der Waals surface area contributed by atoms with Crippen molar-refractivity contribution >= 4 is 33.8 Å². The van der Waals surface area contributed by atoms with Gasteiger partial charge in [0.15, 0.2) is 0 Å². The molecule has 19 heavy (non-hydrogen) atoms. The minimum atomic E-state index is -0.581. The third-order valence-electron chi connectivity index (χ3n) is 2.36. The average Bonchev–Trinajstić information content (AvgIpc) is 2.67. The number of benzene rings is 1. The van der Waals surface area contributed by atoms with E-state index in [2.05, 4.69) is 0 Å². The summed E-state index contributed by atoms with van der Waals surface area (Å²) in [4.78, 5) is 21.6. The lowest BCUT2D eigenvalue weighted by Crippen LogP contribution is -1.91. The average molecular weight is 296 g/mol. The van der Waals surface area contributed by atoms with Gasteiger partial charge in [0.1, 0.15) is 9.77 Å². The maximum atomic E-state index is 11.0. The van der Waals surface area contributed by atoms with Crippen LogP contribution < -0.4 is 0 Å². The highest BCUT2D eigenvalue weighted by atomic mass is 32.2. The number of hydrogen-bond donors (Lipinski definition) is 0. The van der Waals surface area contributed by atoms with Crippen LogP contribution >= 0.6 is 23.1 Å². The van der Waals surface area contributed by atoms with Crippen molar-refractivity contribution in [2.75, 3.05) is 0 Å². The highest BCUT2D eigenvalue weighted by molar-refractivity contribution is 8.01. The Morgan fingerprint density at radius 3 is 2.26 bits per heavy atom. The van der Waals surface area contributed by atoms with Crippen molar-refractivity contribution in [3.8, 4) is 0 Å². The number of rotatable bonds is 4. The van der Waals surface area contributed by atoms with E-state index in [1.165, 1.54) is 18.7 Å². The molecular weight excluding hydrogens is 288 g/mol. The zero-order valence-electron chi connectivity index (χ0n) is 9.73. The SMILES string of the molecule is Cc1c([N+](=O)[O-])sc(Sc2ccccc2)c1[N+](=O)[O-]. The summed E-state index contributed by atoms with van der Waals surface area (Å²) in [6.07, 6.45) is 0. The molecule has 0 aliphatic rings. The van der Waals surface area contributed by atoms with Gasteiger partial charge in [-0.05, 0) is 30.4 Å². The fourth-order valence-corrected chi connectivity index (χ4v) is 3.87. The second kappa shape index (κ2) is 5.37. The Labute approximate surface area is 116 Å². The summed E-state index contributed by atoms with van der Waals surface area (Å²) in [6, 6.07) is 9.05. The van der Waals surface area contributed by atoms with Gasteiger partial charge in [-0.15, -0.1) is 0 Å². The van der Waals surface area contributed by atoms with Crippen molar-refractivity contribution in [1.82, 2.24) is 0 Å². The van der Waals surface area contributed by atoms with Crippen molar-refractivity contribution in [3.63, 3.8) is 0 Å². The van der Waals surface area contributed by atoms with Gasteiger partial charge < -0.3 is 0 Å². The Morgan fingerprint density at radius 2 is 1.74 bits per heavy atom. The Bertz CT molecular complexity index is 640. The molecule has 0 aliphatic heterocycles. The molecule has 98 valence electrons. The molecule has 2 aromatic rings. The summed E-state index contributed by atoms with van der Waals surface area (Å²) >= 11 is 2.01. The second-order valence-corrected chi connectivity index (χ2v) is 5.94. The fraction of sp³-hybridized carbons (Fsp3) is 0.0909. The van der Waals surface area contributed by atoms with E-state index < -0.39 is 9.85 Å². The highest BCUT2D eigenvalue weighted by Gasteiger charge is 2.31. The number of nitrogens with zero attached hydrogens (tertiary/aromatic N) is 2. The molecule has 0 fully saturated rings. The first kappa shape index (κ1) is 13.5. The number of nitro groups is 2. The first-order valence-electron chi connectivity index (χ1n) is 5.15. The van der Waals surface area contributed by atoms with E-state index in [0.717, 1.165) is 16.2 Å². The van der Waals surface area contributed by atoms with E-state index in [0.29, 0.717) is 4.21 Å². The normalized spacial score (nSPS) is 10.4. The van der Waals surface area contributed by atoms with Crippen LogP contribution in [0.25, 0.3) is 0 Å². The molecule has 8 heteroatoms. The van der Waals surface area contributed by atoms with E-state index in [1.807, 2.05) is 18.2 Å². The molecule has 0 unspecified atom stereocenters. The van der Waals surface area contributed by atoms with Crippen LogP contribution in [-0.4, -0.2) is 9.85 Å². The van der Waals surface area contributed by atoms with E-state index in [-0.39, 0.29) is 16.3 Å². The lowest BCUT2D eigenvalue weighted by atomic mass is 10.3. The van der Waals surface area contributed by atoms with Gasteiger partial charge in [0.25, 0.3) is 0 Å². The largest absolute Gasteiger partial charge is 0.335 e. The molecule has 1 aromatic heterocycles. The summed E-state index contributed by atoms with van der Waals surface area (Å²) in [7, 11) is 0. The summed E-state index contributed by atoms with van der Waals surface area (Å²) in [5, 5.41) is 21.7. The topological polar surface area (TPSA) is 86.3 Å². The monoisotopic (exact) mass is 296 g/mol. The van der Waals surface area contributed by atoms with Gasteiger partial charge in [0, 0.05) is 4.90 Å². The van der Waals surface area contributed by atoms with Crippen molar-refractivity contribution in [2.45, 2.75) is 16.0 Å². The van der Waals surface area contributed by atoms with Crippen LogP contribution in [0.5, 0.6) is 0 Å². The van der Waals surface area contributed by atoms with Crippen LogP contribution in [0.2, 0.25) is 0 Å². The Kier molecular flexibility index (Phi) is 3.82. The van der Waals surface area contributed by atoms with Crippen LogP contribution in [0.1, 0.15) is 5.56 Å². The predicted molar refractivity (Wildman–Crippen MR) is 72.9 cm³/mol. The molecule has 0 N–H and O–H groups in total. The molecule has 0 spiro atoms. The molecule has 1 heterocycles. The molecule has 0 amide bonds. The molecule has 2 rings (SSSR count). The molecule has 0 aliphatic carbocycles. The zero-order valence-corrected chi connectivity index (χ0v) is 11.4. The van der Waals surface area contributed by atoms with E-state index in [9.17, 15) is 20.2 Å². The van der Waals surface area contributed by atoms with Crippen LogP contribution in [0.3, 0.4) is 0 Å². The van der Waals surface area contributed by atoms with Gasteiger partial charge in [0.2, 0.25) is 0 Å². The molecule has 1 aromatic carbocycles. The number of hydrogen-bond acceptors (Lipinski definition) is 6. The lowest BCUT2D eigenvalue weighted by molar-refractivity contribution is -0.392. The molecule has 0 saturated carbocycles. The first-order valence-corrected chi connectivity index (χ1v) is 6.79. The lowest BCUT2D eigenvalue weighted by Gasteiger charge is -1.97. The van der Waals surface area contributed by atoms with E-state index in [1.54, 1.807) is 12.1 Å². The molecule has 0 bridgehead atoms. The Morgan fingerprint density at radius 1 is 1.11 bits per heavy atom. The minimum absolute atomic E-state index is 0.110. The maximum Gasteiger partial charge on any atom is 0.335 e. The minimum Gasteiger partial charge on any atom is -0.258 e. The smallest absolute Gasteiger partial charge is 0.258 e. The fourth-order valence-electron chi connectivity index (χ4n) is 1.52. The van der Waals surface area contributed by atoms with Crippen LogP contribution in [-0.2, 0) is 0 Å². The quantitative estimate of drug-likeness (QED) is 0.628. The zero-order chi connectivity index (χ0) is 14.0. The van der Waals surface area contributed by atoms with Crippen molar-refractivity contribution in [2.24, 2.45) is 0 Å². The van der Waals surface area contributed by atoms with Crippen LogP contribution in [0.4, 0.5) is 10.7 Å². The highest BCUT2D eigenvalue weighted by Crippen LogP contribution is 2.47. The van der Waals surface area contributed by atoms with Crippen LogP contribution in [0, 0.1) is 27.2 Å². The standard InChI is InChI=1S/C11H8N2O4S2/c1-7-9(12(14)15)11(19-10(7)13(16)17)18-8-5-3-2-4-6-8/h2-6H,1H3. The van der Waals surface area contributed by atoms with Crippen LogP contribution in [0.15, 0.2) is 39.4 Å². The van der Waals surface area contributed by atoms with Gasteiger partial charge >= 0.3 is 10.7 Å².